The van der Waals surface area contributed by atoms with E-state index in [4.69, 9.17) is 16.2 Å². The smallest absolute Gasteiger partial charge is 0.217 e. The van der Waals surface area contributed by atoms with E-state index < -0.39 is 5.91 Å². The molecule has 4 N–H and O–H groups in total. The Morgan fingerprint density at radius 1 is 1.32 bits per heavy atom. The lowest BCUT2D eigenvalue weighted by molar-refractivity contribution is -0.118. The normalized spacial score (nSPS) is 12.1. The summed E-state index contributed by atoms with van der Waals surface area (Å²) in [5.41, 5.74) is 11.9. The maximum Gasteiger partial charge on any atom is 0.217 e. The van der Waals surface area contributed by atoms with Gasteiger partial charge in [-0.05, 0) is 37.0 Å². The second kappa shape index (κ2) is 10.2. The molecule has 4 nitrogen and oxygen atoms in total. The fraction of sp³-hybridized carbons (Fsp3) is 0.588. The van der Waals surface area contributed by atoms with Crippen molar-refractivity contribution < 1.29 is 13.9 Å². The molecule has 0 saturated heterocycles. The van der Waals surface area contributed by atoms with Gasteiger partial charge < -0.3 is 16.2 Å². The van der Waals surface area contributed by atoms with Gasteiger partial charge in [0.2, 0.25) is 5.91 Å². The summed E-state index contributed by atoms with van der Waals surface area (Å²) in [6, 6.07) is 4.63. The Bertz CT molecular complexity index is 466. The molecule has 0 heterocycles. The molecule has 1 atom stereocenters. The highest BCUT2D eigenvalue weighted by molar-refractivity contribution is 5.73. The molecule has 5 heteroatoms. The number of unbranched alkanes of at least 4 members (excludes halogenated alkanes) is 3. The molecule has 0 radical (unpaired) electrons. The molecule has 1 aromatic carbocycles. The number of hydrogen-bond acceptors (Lipinski definition) is 3. The van der Waals surface area contributed by atoms with Crippen LogP contribution in [-0.4, -0.2) is 18.6 Å². The van der Waals surface area contributed by atoms with Gasteiger partial charge in [-0.3, -0.25) is 4.79 Å². The van der Waals surface area contributed by atoms with Crippen molar-refractivity contribution >= 4 is 5.91 Å². The molecule has 0 aromatic heterocycles. The standard InChI is InChI=1S/C17H27FN2O2/c1-2-3-4-5-6-13-7-9-15(18)16(11-13)22-12-14(19)8-10-17(20)21/h7,9,11,14H,2-6,8,10,12,19H2,1H3,(H2,20,21). The van der Waals surface area contributed by atoms with Crippen molar-refractivity contribution in [2.75, 3.05) is 6.61 Å². The highest BCUT2D eigenvalue weighted by Gasteiger charge is 2.09. The average Bonchev–Trinajstić information content (AvgIpc) is 2.49. The molecule has 0 spiro atoms. The minimum atomic E-state index is -0.393. The number of benzene rings is 1. The summed E-state index contributed by atoms with van der Waals surface area (Å²) in [4.78, 5) is 10.7. The molecular formula is C17H27FN2O2. The van der Waals surface area contributed by atoms with E-state index in [1.807, 2.05) is 0 Å². The minimum absolute atomic E-state index is 0.170. The van der Waals surface area contributed by atoms with Crippen LogP contribution in [0.15, 0.2) is 18.2 Å². The van der Waals surface area contributed by atoms with E-state index in [-0.39, 0.29) is 30.6 Å². The van der Waals surface area contributed by atoms with E-state index in [2.05, 4.69) is 6.92 Å². The largest absolute Gasteiger partial charge is 0.489 e. The van der Waals surface area contributed by atoms with E-state index in [0.717, 1.165) is 18.4 Å². The average molecular weight is 310 g/mol. The van der Waals surface area contributed by atoms with Gasteiger partial charge in [0, 0.05) is 12.5 Å². The number of carbonyl (C=O) groups is 1. The van der Waals surface area contributed by atoms with Crippen molar-refractivity contribution in [1.29, 1.82) is 0 Å². The van der Waals surface area contributed by atoms with Crippen LogP contribution in [0.4, 0.5) is 4.39 Å². The lowest BCUT2D eigenvalue weighted by Gasteiger charge is -2.14. The summed E-state index contributed by atoms with van der Waals surface area (Å²) >= 11 is 0. The van der Waals surface area contributed by atoms with Gasteiger partial charge in [0.05, 0.1) is 0 Å². The molecule has 0 aliphatic heterocycles. The van der Waals surface area contributed by atoms with Crippen molar-refractivity contribution in [2.24, 2.45) is 11.5 Å². The van der Waals surface area contributed by atoms with E-state index in [0.29, 0.717) is 6.42 Å². The van der Waals surface area contributed by atoms with Crippen LogP contribution in [0, 0.1) is 5.82 Å². The van der Waals surface area contributed by atoms with Gasteiger partial charge in [0.15, 0.2) is 11.6 Å². The molecule has 1 rings (SSSR count). The zero-order chi connectivity index (χ0) is 16.4. The topological polar surface area (TPSA) is 78.3 Å². The van der Waals surface area contributed by atoms with Crippen molar-refractivity contribution in [2.45, 2.75) is 57.9 Å². The zero-order valence-electron chi connectivity index (χ0n) is 13.3. The van der Waals surface area contributed by atoms with Crippen LogP contribution in [0.1, 0.15) is 51.0 Å². The summed E-state index contributed by atoms with van der Waals surface area (Å²) in [6.45, 7) is 2.34. The highest BCUT2D eigenvalue weighted by atomic mass is 19.1. The van der Waals surface area contributed by atoms with Crippen molar-refractivity contribution in [1.82, 2.24) is 0 Å². The van der Waals surface area contributed by atoms with Crippen molar-refractivity contribution in [3.05, 3.63) is 29.6 Å². The van der Waals surface area contributed by atoms with Gasteiger partial charge in [0.1, 0.15) is 6.61 Å². The fourth-order valence-electron chi connectivity index (χ4n) is 2.18. The first-order valence-electron chi connectivity index (χ1n) is 7.98. The van der Waals surface area contributed by atoms with Gasteiger partial charge >= 0.3 is 0 Å². The second-order valence-electron chi connectivity index (χ2n) is 5.65. The lowest BCUT2D eigenvalue weighted by atomic mass is 10.1. The minimum Gasteiger partial charge on any atom is -0.489 e. The quantitative estimate of drug-likeness (QED) is 0.617. The number of halogens is 1. The molecule has 0 aliphatic rings. The third kappa shape index (κ3) is 7.41. The molecule has 0 bridgehead atoms. The molecular weight excluding hydrogens is 283 g/mol. The Balaban J connectivity index is 2.46. The molecule has 1 amide bonds. The van der Waals surface area contributed by atoms with E-state index in [1.54, 1.807) is 12.1 Å². The zero-order valence-corrected chi connectivity index (χ0v) is 13.3. The maximum absolute atomic E-state index is 13.7. The third-order valence-corrected chi connectivity index (χ3v) is 3.53. The molecule has 0 fully saturated rings. The lowest BCUT2D eigenvalue weighted by Crippen LogP contribution is -2.29. The maximum atomic E-state index is 13.7. The van der Waals surface area contributed by atoms with Crippen LogP contribution in [0.3, 0.4) is 0 Å². The van der Waals surface area contributed by atoms with E-state index in [1.165, 1.54) is 25.3 Å². The van der Waals surface area contributed by atoms with Crippen LogP contribution in [0.2, 0.25) is 0 Å². The molecule has 1 unspecified atom stereocenters. The summed E-state index contributed by atoms with van der Waals surface area (Å²) in [5.74, 6) is -0.558. The van der Waals surface area contributed by atoms with E-state index in [9.17, 15) is 9.18 Å². The summed E-state index contributed by atoms with van der Waals surface area (Å²) in [5, 5.41) is 0. The predicted molar refractivity (Wildman–Crippen MR) is 86.1 cm³/mol. The highest BCUT2D eigenvalue weighted by Crippen LogP contribution is 2.20. The monoisotopic (exact) mass is 310 g/mol. The summed E-state index contributed by atoms with van der Waals surface area (Å²) < 4.78 is 19.2. The Labute approximate surface area is 132 Å². The number of ether oxygens (including phenoxy) is 1. The van der Waals surface area contributed by atoms with Gasteiger partial charge in [-0.2, -0.15) is 0 Å². The predicted octanol–water partition coefficient (Wildman–Crippen LogP) is 2.92. The van der Waals surface area contributed by atoms with Crippen LogP contribution in [0.25, 0.3) is 0 Å². The van der Waals surface area contributed by atoms with Crippen molar-refractivity contribution in [3.8, 4) is 5.75 Å². The Kier molecular flexibility index (Phi) is 8.51. The number of rotatable bonds is 11. The first kappa shape index (κ1) is 18.4. The summed E-state index contributed by atoms with van der Waals surface area (Å²) in [6.07, 6.45) is 6.27. The van der Waals surface area contributed by atoms with Gasteiger partial charge in [-0.15, -0.1) is 0 Å². The first-order valence-corrected chi connectivity index (χ1v) is 7.98. The van der Waals surface area contributed by atoms with E-state index >= 15 is 0 Å². The molecule has 0 aliphatic carbocycles. The number of carbonyl (C=O) groups excluding carboxylic acids is 1. The Morgan fingerprint density at radius 3 is 2.77 bits per heavy atom. The van der Waals surface area contributed by atoms with Crippen LogP contribution in [0.5, 0.6) is 5.75 Å². The number of hydrogen-bond donors (Lipinski definition) is 2. The van der Waals surface area contributed by atoms with Gasteiger partial charge in [-0.25, -0.2) is 4.39 Å². The number of nitrogens with two attached hydrogens (primary N) is 2. The van der Waals surface area contributed by atoms with Gasteiger partial charge in [0.25, 0.3) is 0 Å². The molecule has 1 aromatic rings. The molecule has 124 valence electrons. The Hall–Kier alpha value is -1.62. The van der Waals surface area contributed by atoms with Crippen LogP contribution < -0.4 is 16.2 Å². The number of primary amides is 1. The third-order valence-electron chi connectivity index (χ3n) is 3.53. The number of aryl methyl sites for hydroxylation is 1. The second-order valence-corrected chi connectivity index (χ2v) is 5.65. The molecule has 0 saturated carbocycles. The van der Waals surface area contributed by atoms with Crippen molar-refractivity contribution in [3.63, 3.8) is 0 Å². The fourth-order valence-corrected chi connectivity index (χ4v) is 2.18. The molecule has 22 heavy (non-hydrogen) atoms. The number of amides is 1. The van der Waals surface area contributed by atoms with Crippen LogP contribution >= 0.6 is 0 Å². The Morgan fingerprint density at radius 2 is 2.09 bits per heavy atom. The van der Waals surface area contributed by atoms with Gasteiger partial charge in [-0.1, -0.05) is 32.3 Å². The van der Waals surface area contributed by atoms with Crippen LogP contribution in [-0.2, 0) is 11.2 Å². The summed E-state index contributed by atoms with van der Waals surface area (Å²) in [7, 11) is 0. The first-order chi connectivity index (χ1) is 10.5. The SMILES string of the molecule is CCCCCCc1ccc(F)c(OCC(N)CCC(N)=O)c1.